The molecule has 34 heavy (non-hydrogen) atoms. The van der Waals surface area contributed by atoms with Gasteiger partial charge in [-0.2, -0.15) is 8.78 Å². The summed E-state index contributed by atoms with van der Waals surface area (Å²) in [7, 11) is 0. The van der Waals surface area contributed by atoms with Crippen LogP contribution >= 0.6 is 11.8 Å². The van der Waals surface area contributed by atoms with Gasteiger partial charge in [-0.1, -0.05) is 36.0 Å². The predicted molar refractivity (Wildman–Crippen MR) is 126 cm³/mol. The molecule has 0 N–H and O–H groups in total. The van der Waals surface area contributed by atoms with Crippen LogP contribution in [-0.2, 0) is 17.0 Å². The Balaban J connectivity index is 1.55. The van der Waals surface area contributed by atoms with E-state index in [1.54, 1.807) is 39.3 Å². The SMILES string of the molecule is CCOCCCn1c(=O)c2ccccc2n2c(SCc3nc4ccccc4n3C(F)F)nnc12. The summed E-state index contributed by atoms with van der Waals surface area (Å²) in [6, 6.07) is 14.1. The van der Waals surface area contributed by atoms with Crippen molar-refractivity contribution in [3.63, 3.8) is 0 Å². The molecule has 5 rings (SSSR count). The maximum atomic E-state index is 13.8. The van der Waals surface area contributed by atoms with Gasteiger partial charge in [-0.15, -0.1) is 10.2 Å². The Hall–Kier alpha value is -3.31. The highest BCUT2D eigenvalue weighted by molar-refractivity contribution is 7.98. The van der Waals surface area contributed by atoms with Gasteiger partial charge >= 0.3 is 6.55 Å². The molecule has 0 fully saturated rings. The van der Waals surface area contributed by atoms with Crippen molar-refractivity contribution in [3.05, 3.63) is 64.7 Å². The number of aryl methyl sites for hydroxylation is 1. The molecule has 3 aromatic heterocycles. The number of benzene rings is 2. The first-order chi connectivity index (χ1) is 16.6. The van der Waals surface area contributed by atoms with E-state index < -0.39 is 6.55 Å². The first kappa shape index (κ1) is 22.5. The molecule has 0 amide bonds. The Kier molecular flexibility index (Phi) is 6.29. The number of aromatic nitrogens is 6. The Morgan fingerprint density at radius 2 is 1.82 bits per heavy atom. The van der Waals surface area contributed by atoms with Crippen molar-refractivity contribution in [1.82, 2.24) is 28.7 Å². The molecule has 176 valence electrons. The molecule has 8 nitrogen and oxygen atoms in total. The smallest absolute Gasteiger partial charge is 0.320 e. The van der Waals surface area contributed by atoms with E-state index in [2.05, 4.69) is 15.2 Å². The molecule has 0 bridgehead atoms. The Morgan fingerprint density at radius 3 is 2.62 bits per heavy atom. The molecule has 0 unspecified atom stereocenters. The number of thioether (sulfide) groups is 1. The normalized spacial score (nSPS) is 12.0. The van der Waals surface area contributed by atoms with E-state index in [0.29, 0.717) is 59.0 Å². The topological polar surface area (TPSA) is 79.2 Å². The zero-order valence-electron chi connectivity index (χ0n) is 18.4. The molecule has 0 saturated carbocycles. The molecule has 3 heterocycles. The highest BCUT2D eigenvalue weighted by Gasteiger charge is 2.20. The monoisotopic (exact) mass is 484 g/mol. The van der Waals surface area contributed by atoms with Crippen LogP contribution in [0.3, 0.4) is 0 Å². The van der Waals surface area contributed by atoms with Gasteiger partial charge in [-0.25, -0.2) is 4.98 Å². The van der Waals surface area contributed by atoms with Gasteiger partial charge in [0.2, 0.25) is 5.78 Å². The summed E-state index contributed by atoms with van der Waals surface area (Å²) in [5.41, 5.74) is 1.41. The number of hydrogen-bond acceptors (Lipinski definition) is 6. The molecule has 0 aliphatic rings. The summed E-state index contributed by atoms with van der Waals surface area (Å²) in [5.74, 6) is 0.815. The van der Waals surface area contributed by atoms with Gasteiger partial charge < -0.3 is 4.74 Å². The van der Waals surface area contributed by atoms with Crippen molar-refractivity contribution in [2.24, 2.45) is 0 Å². The van der Waals surface area contributed by atoms with Crippen LogP contribution in [0, 0.1) is 0 Å². The summed E-state index contributed by atoms with van der Waals surface area (Å²) in [6.07, 6.45) is 0.648. The standard InChI is InChI=1S/C23H22F2N6O2S/c1-2-33-13-7-12-29-20(32)15-8-3-5-10-17(15)31-22(29)27-28-23(31)34-14-19-26-16-9-4-6-11-18(16)30(19)21(24)25/h3-6,8-11,21H,2,7,12-14H2,1H3. The molecule has 0 aliphatic carbocycles. The second-order valence-electron chi connectivity index (χ2n) is 7.60. The Bertz CT molecular complexity index is 1530. The van der Waals surface area contributed by atoms with Crippen molar-refractivity contribution in [1.29, 1.82) is 0 Å². The first-order valence-corrected chi connectivity index (χ1v) is 11.9. The minimum atomic E-state index is -2.71. The average molecular weight is 485 g/mol. The minimum Gasteiger partial charge on any atom is -0.382 e. The number of para-hydroxylation sites is 3. The molecule has 0 saturated heterocycles. The highest BCUT2D eigenvalue weighted by atomic mass is 32.2. The number of imidazole rings is 1. The fraction of sp³-hybridized carbons (Fsp3) is 0.304. The molecular formula is C23H22F2N6O2S. The molecule has 0 atom stereocenters. The van der Waals surface area contributed by atoms with Gasteiger partial charge in [0.15, 0.2) is 5.16 Å². The molecule has 2 aromatic carbocycles. The minimum absolute atomic E-state index is 0.150. The fourth-order valence-electron chi connectivity index (χ4n) is 4.04. The van der Waals surface area contributed by atoms with Crippen LogP contribution in [0.4, 0.5) is 8.78 Å². The lowest BCUT2D eigenvalue weighted by atomic mass is 10.2. The van der Waals surface area contributed by atoms with Crippen molar-refractivity contribution in [2.45, 2.75) is 37.3 Å². The first-order valence-electron chi connectivity index (χ1n) is 10.9. The van der Waals surface area contributed by atoms with Crippen LogP contribution in [0.25, 0.3) is 27.7 Å². The van der Waals surface area contributed by atoms with Crippen LogP contribution < -0.4 is 5.56 Å². The summed E-state index contributed by atoms with van der Waals surface area (Å²) >= 11 is 1.25. The summed E-state index contributed by atoms with van der Waals surface area (Å²) in [4.78, 5) is 17.6. The largest absolute Gasteiger partial charge is 0.382 e. The Labute approximate surface area is 197 Å². The number of rotatable bonds is 9. The molecular weight excluding hydrogens is 462 g/mol. The maximum absolute atomic E-state index is 13.8. The van der Waals surface area contributed by atoms with Gasteiger partial charge in [0.05, 0.1) is 27.7 Å². The van der Waals surface area contributed by atoms with E-state index >= 15 is 0 Å². The number of hydrogen-bond donors (Lipinski definition) is 0. The van der Waals surface area contributed by atoms with Crippen molar-refractivity contribution in [2.75, 3.05) is 13.2 Å². The zero-order valence-corrected chi connectivity index (χ0v) is 19.2. The van der Waals surface area contributed by atoms with E-state index in [1.165, 1.54) is 11.8 Å². The van der Waals surface area contributed by atoms with Crippen LogP contribution in [0.2, 0.25) is 0 Å². The third-order valence-electron chi connectivity index (χ3n) is 5.55. The molecule has 5 aromatic rings. The van der Waals surface area contributed by atoms with Crippen LogP contribution in [0.5, 0.6) is 0 Å². The second-order valence-corrected chi connectivity index (χ2v) is 8.54. The maximum Gasteiger partial charge on any atom is 0.320 e. The summed E-state index contributed by atoms with van der Waals surface area (Å²) in [6.45, 7) is 0.773. The van der Waals surface area contributed by atoms with Gasteiger partial charge in [0.25, 0.3) is 5.56 Å². The molecule has 11 heteroatoms. The van der Waals surface area contributed by atoms with Gasteiger partial charge in [0.1, 0.15) is 5.82 Å². The number of ether oxygens (including phenoxy) is 1. The van der Waals surface area contributed by atoms with Crippen LogP contribution in [-0.4, -0.2) is 41.9 Å². The Morgan fingerprint density at radius 1 is 1.06 bits per heavy atom. The van der Waals surface area contributed by atoms with E-state index in [-0.39, 0.29) is 17.1 Å². The number of halogens is 2. The highest BCUT2D eigenvalue weighted by Crippen LogP contribution is 2.29. The van der Waals surface area contributed by atoms with Gasteiger partial charge in [0, 0.05) is 19.8 Å². The van der Waals surface area contributed by atoms with E-state index in [0.717, 1.165) is 4.57 Å². The molecule has 0 radical (unpaired) electrons. The van der Waals surface area contributed by atoms with Crippen molar-refractivity contribution in [3.8, 4) is 0 Å². The number of nitrogens with zero attached hydrogens (tertiary/aromatic N) is 6. The average Bonchev–Trinajstić information content (AvgIpc) is 3.43. The summed E-state index contributed by atoms with van der Waals surface area (Å²) in [5, 5.41) is 9.61. The fourth-order valence-corrected chi connectivity index (χ4v) is 4.91. The van der Waals surface area contributed by atoms with Gasteiger partial charge in [-0.05, 0) is 37.6 Å². The predicted octanol–water partition coefficient (Wildman–Crippen LogP) is 4.51. The summed E-state index contributed by atoms with van der Waals surface area (Å²) < 4.78 is 37.4. The molecule has 0 aliphatic heterocycles. The molecule has 0 spiro atoms. The lowest BCUT2D eigenvalue weighted by molar-refractivity contribution is 0.0722. The van der Waals surface area contributed by atoms with Crippen molar-refractivity contribution < 1.29 is 13.5 Å². The van der Waals surface area contributed by atoms with Crippen LogP contribution in [0.15, 0.2) is 58.5 Å². The second kappa shape index (κ2) is 9.51. The zero-order chi connectivity index (χ0) is 23.7. The van der Waals surface area contributed by atoms with E-state index in [4.69, 9.17) is 4.74 Å². The lowest BCUT2D eigenvalue weighted by Crippen LogP contribution is -2.24. The lowest BCUT2D eigenvalue weighted by Gasteiger charge is -2.11. The van der Waals surface area contributed by atoms with E-state index in [9.17, 15) is 13.6 Å². The van der Waals surface area contributed by atoms with Crippen molar-refractivity contribution >= 4 is 39.5 Å². The number of fused-ring (bicyclic) bond motifs is 4. The van der Waals surface area contributed by atoms with Crippen LogP contribution in [0.1, 0.15) is 25.7 Å². The van der Waals surface area contributed by atoms with E-state index in [1.807, 2.05) is 25.1 Å². The quantitative estimate of drug-likeness (QED) is 0.226. The third kappa shape index (κ3) is 3.94. The van der Waals surface area contributed by atoms with Gasteiger partial charge in [-0.3, -0.25) is 18.3 Å². The number of alkyl halides is 2. The third-order valence-corrected chi connectivity index (χ3v) is 6.47.